The molecule has 0 spiro atoms. The van der Waals surface area contributed by atoms with Gasteiger partial charge in [0.25, 0.3) is 5.91 Å². The van der Waals surface area contributed by atoms with Gasteiger partial charge in [-0.15, -0.1) is 0 Å². The Labute approximate surface area is 119 Å². The number of nitrogens with two attached hydrogens (primary N) is 1. The highest BCUT2D eigenvalue weighted by Gasteiger charge is 2.17. The van der Waals surface area contributed by atoms with Crippen molar-refractivity contribution in [1.82, 2.24) is 0 Å². The summed E-state index contributed by atoms with van der Waals surface area (Å²) in [5.74, 6) is -2.08. The number of oxime groups is 1. The van der Waals surface area contributed by atoms with E-state index in [1.165, 1.54) is 24.3 Å². The van der Waals surface area contributed by atoms with Crippen LogP contribution in [0.5, 0.6) is 5.75 Å². The molecule has 0 aromatic heterocycles. The molecule has 108 valence electrons. The monoisotopic (exact) mass is 289 g/mol. The zero-order valence-corrected chi connectivity index (χ0v) is 10.7. The van der Waals surface area contributed by atoms with Gasteiger partial charge in [-0.1, -0.05) is 23.4 Å². The summed E-state index contributed by atoms with van der Waals surface area (Å²) in [7, 11) is 0. The number of nitrogens with one attached hydrogen (secondary N) is 1. The molecule has 21 heavy (non-hydrogen) atoms. The second-order valence-electron chi connectivity index (χ2n) is 4.12. The summed E-state index contributed by atoms with van der Waals surface area (Å²) in [5, 5.41) is 23.4. The van der Waals surface area contributed by atoms with E-state index < -0.39 is 17.6 Å². The van der Waals surface area contributed by atoms with Gasteiger partial charge >= 0.3 is 0 Å². The Morgan fingerprint density at radius 3 is 2.57 bits per heavy atom. The molecule has 0 heterocycles. The van der Waals surface area contributed by atoms with Gasteiger partial charge in [-0.3, -0.25) is 4.79 Å². The third-order valence-corrected chi connectivity index (χ3v) is 2.77. The molecule has 0 aliphatic carbocycles. The minimum Gasteiger partial charge on any atom is -0.507 e. The average Bonchev–Trinajstić information content (AvgIpc) is 2.47. The van der Waals surface area contributed by atoms with Crippen molar-refractivity contribution in [3.05, 3.63) is 59.4 Å². The molecule has 0 aliphatic rings. The fourth-order valence-corrected chi connectivity index (χ4v) is 1.79. The van der Waals surface area contributed by atoms with Gasteiger partial charge < -0.3 is 21.4 Å². The lowest BCUT2D eigenvalue weighted by atomic mass is 10.1. The number of phenolic OH excluding ortho intramolecular Hbond substituents is 1. The van der Waals surface area contributed by atoms with Crippen LogP contribution < -0.4 is 11.1 Å². The number of amides is 1. The van der Waals surface area contributed by atoms with Gasteiger partial charge in [0.05, 0.1) is 16.8 Å². The first-order chi connectivity index (χ1) is 10.0. The number of phenols is 1. The predicted molar refractivity (Wildman–Crippen MR) is 75.0 cm³/mol. The summed E-state index contributed by atoms with van der Waals surface area (Å²) in [6.07, 6.45) is 0. The Hall–Kier alpha value is -3.09. The van der Waals surface area contributed by atoms with E-state index in [-0.39, 0.29) is 22.6 Å². The minimum absolute atomic E-state index is 0.0206. The number of rotatable bonds is 3. The fraction of sp³-hybridized carbons (Fsp3) is 0. The SMILES string of the molecule is N/C(=N/O)c1c(F)cccc1NC(=O)c1ccccc1O. The highest BCUT2D eigenvalue weighted by atomic mass is 19.1. The van der Waals surface area contributed by atoms with E-state index in [4.69, 9.17) is 10.9 Å². The molecule has 0 bridgehead atoms. The number of para-hydroxylation sites is 1. The number of aromatic hydroxyl groups is 1. The van der Waals surface area contributed by atoms with Crippen LogP contribution in [-0.2, 0) is 0 Å². The summed E-state index contributed by atoms with van der Waals surface area (Å²) in [6.45, 7) is 0. The molecule has 6 nitrogen and oxygen atoms in total. The lowest BCUT2D eigenvalue weighted by molar-refractivity contribution is 0.102. The number of amidine groups is 1. The van der Waals surface area contributed by atoms with Crippen molar-refractivity contribution in [1.29, 1.82) is 0 Å². The number of nitrogens with zero attached hydrogens (tertiary/aromatic N) is 1. The van der Waals surface area contributed by atoms with Crippen LogP contribution in [0.1, 0.15) is 15.9 Å². The van der Waals surface area contributed by atoms with E-state index in [9.17, 15) is 14.3 Å². The lowest BCUT2D eigenvalue weighted by Crippen LogP contribution is -2.20. The van der Waals surface area contributed by atoms with Gasteiger partial charge in [0.2, 0.25) is 0 Å². The highest BCUT2D eigenvalue weighted by Crippen LogP contribution is 2.22. The van der Waals surface area contributed by atoms with Crippen LogP contribution in [-0.4, -0.2) is 22.1 Å². The number of benzene rings is 2. The third-order valence-electron chi connectivity index (χ3n) is 2.77. The van der Waals surface area contributed by atoms with E-state index in [0.29, 0.717) is 0 Å². The van der Waals surface area contributed by atoms with E-state index in [2.05, 4.69) is 10.5 Å². The van der Waals surface area contributed by atoms with Gasteiger partial charge in [0.15, 0.2) is 5.84 Å². The number of halogens is 1. The van der Waals surface area contributed by atoms with Crippen LogP contribution in [0.2, 0.25) is 0 Å². The Kier molecular flexibility index (Phi) is 4.03. The molecule has 2 rings (SSSR count). The standard InChI is InChI=1S/C14H12FN3O3/c15-9-5-3-6-10(12(9)13(16)18-21)17-14(20)8-4-1-2-7-11(8)19/h1-7,19,21H,(H2,16,18)(H,17,20). The Balaban J connectivity index is 2.39. The molecule has 1 amide bonds. The van der Waals surface area contributed by atoms with E-state index in [0.717, 1.165) is 6.07 Å². The van der Waals surface area contributed by atoms with E-state index >= 15 is 0 Å². The van der Waals surface area contributed by atoms with Crippen molar-refractivity contribution >= 4 is 17.4 Å². The fourth-order valence-electron chi connectivity index (χ4n) is 1.79. The van der Waals surface area contributed by atoms with Gasteiger partial charge in [-0.2, -0.15) is 0 Å². The summed E-state index contributed by atoms with van der Waals surface area (Å²) < 4.78 is 13.7. The van der Waals surface area contributed by atoms with E-state index in [1.807, 2.05) is 0 Å². The topological polar surface area (TPSA) is 108 Å². The Morgan fingerprint density at radius 1 is 1.19 bits per heavy atom. The van der Waals surface area contributed by atoms with Crippen molar-refractivity contribution in [2.24, 2.45) is 10.9 Å². The first-order valence-corrected chi connectivity index (χ1v) is 5.90. The molecular formula is C14H12FN3O3. The maximum absolute atomic E-state index is 13.7. The van der Waals surface area contributed by atoms with Gasteiger partial charge in [-0.25, -0.2) is 4.39 Å². The van der Waals surface area contributed by atoms with Crippen LogP contribution in [0.4, 0.5) is 10.1 Å². The molecule has 2 aromatic carbocycles. The normalized spacial score (nSPS) is 11.2. The molecule has 0 aliphatic heterocycles. The minimum atomic E-state index is -0.750. The molecule has 0 unspecified atom stereocenters. The lowest BCUT2D eigenvalue weighted by Gasteiger charge is -2.11. The molecule has 2 aromatic rings. The first kappa shape index (κ1) is 14.3. The Morgan fingerprint density at radius 2 is 1.90 bits per heavy atom. The number of hydrogen-bond acceptors (Lipinski definition) is 4. The second kappa shape index (κ2) is 5.91. The number of carbonyl (C=O) groups excluding carboxylic acids is 1. The summed E-state index contributed by atoms with van der Waals surface area (Å²) in [5.41, 5.74) is 5.21. The van der Waals surface area contributed by atoms with Crippen molar-refractivity contribution in [3.8, 4) is 5.75 Å². The molecule has 0 saturated heterocycles. The summed E-state index contributed by atoms with van der Waals surface area (Å²) in [4.78, 5) is 12.1. The maximum Gasteiger partial charge on any atom is 0.259 e. The van der Waals surface area contributed by atoms with Crippen LogP contribution >= 0.6 is 0 Å². The molecule has 0 atom stereocenters. The highest BCUT2D eigenvalue weighted by molar-refractivity contribution is 6.10. The Bertz CT molecular complexity index is 716. The molecule has 5 N–H and O–H groups in total. The second-order valence-corrected chi connectivity index (χ2v) is 4.12. The number of anilines is 1. The van der Waals surface area contributed by atoms with Crippen molar-refractivity contribution in [3.63, 3.8) is 0 Å². The number of hydrogen-bond donors (Lipinski definition) is 4. The molecule has 0 saturated carbocycles. The smallest absolute Gasteiger partial charge is 0.259 e. The van der Waals surface area contributed by atoms with E-state index in [1.54, 1.807) is 12.1 Å². The molecular weight excluding hydrogens is 277 g/mol. The predicted octanol–water partition coefficient (Wildman–Crippen LogP) is 1.88. The van der Waals surface area contributed by atoms with Crippen LogP contribution in [0.3, 0.4) is 0 Å². The summed E-state index contributed by atoms with van der Waals surface area (Å²) in [6, 6.07) is 9.78. The quantitative estimate of drug-likeness (QED) is 0.299. The first-order valence-electron chi connectivity index (χ1n) is 5.90. The molecule has 7 heteroatoms. The maximum atomic E-state index is 13.7. The zero-order chi connectivity index (χ0) is 15.4. The van der Waals surface area contributed by atoms with Crippen molar-refractivity contribution in [2.75, 3.05) is 5.32 Å². The number of carbonyl (C=O) groups is 1. The van der Waals surface area contributed by atoms with Crippen LogP contribution in [0.15, 0.2) is 47.6 Å². The summed E-state index contributed by atoms with van der Waals surface area (Å²) >= 11 is 0. The molecule has 0 radical (unpaired) electrons. The average molecular weight is 289 g/mol. The van der Waals surface area contributed by atoms with Crippen molar-refractivity contribution in [2.45, 2.75) is 0 Å². The van der Waals surface area contributed by atoms with Gasteiger partial charge in [-0.05, 0) is 24.3 Å². The third kappa shape index (κ3) is 2.92. The van der Waals surface area contributed by atoms with Crippen LogP contribution in [0.25, 0.3) is 0 Å². The largest absolute Gasteiger partial charge is 0.507 e. The molecule has 0 fully saturated rings. The van der Waals surface area contributed by atoms with Crippen LogP contribution in [0, 0.1) is 5.82 Å². The van der Waals surface area contributed by atoms with Crippen molar-refractivity contribution < 1.29 is 19.5 Å². The van der Waals surface area contributed by atoms with Gasteiger partial charge in [0, 0.05) is 0 Å². The zero-order valence-electron chi connectivity index (χ0n) is 10.7. The van der Waals surface area contributed by atoms with Gasteiger partial charge in [0.1, 0.15) is 11.6 Å².